The molecule has 1 N–H and O–H groups in total. The molecule has 0 saturated carbocycles. The van der Waals surface area contributed by atoms with Gasteiger partial charge in [-0.25, -0.2) is 12.7 Å². The van der Waals surface area contributed by atoms with E-state index in [9.17, 15) is 18.0 Å². The largest absolute Gasteiger partial charge is 0.339 e. The van der Waals surface area contributed by atoms with Crippen LogP contribution < -0.4 is 5.32 Å². The molecule has 1 heterocycles. The second-order valence-electron chi connectivity index (χ2n) is 8.39. The van der Waals surface area contributed by atoms with Gasteiger partial charge in [-0.2, -0.15) is 0 Å². The van der Waals surface area contributed by atoms with Gasteiger partial charge in [-0.05, 0) is 53.9 Å². The van der Waals surface area contributed by atoms with Gasteiger partial charge in [0.2, 0.25) is 15.9 Å². The Labute approximate surface area is 194 Å². The highest BCUT2D eigenvalue weighted by Crippen LogP contribution is 2.25. The molecule has 0 aromatic heterocycles. The van der Waals surface area contributed by atoms with E-state index in [0.29, 0.717) is 37.2 Å². The van der Waals surface area contributed by atoms with Crippen molar-refractivity contribution in [2.75, 3.05) is 32.5 Å². The number of anilines is 1. The van der Waals surface area contributed by atoms with Crippen LogP contribution in [0.5, 0.6) is 0 Å². The number of rotatable bonds is 5. The highest BCUT2D eigenvalue weighted by molar-refractivity contribution is 7.89. The zero-order valence-corrected chi connectivity index (χ0v) is 19.5. The summed E-state index contributed by atoms with van der Waals surface area (Å²) in [4.78, 5) is 27.8. The van der Waals surface area contributed by atoms with Gasteiger partial charge in [-0.3, -0.25) is 9.59 Å². The van der Waals surface area contributed by atoms with E-state index in [1.807, 2.05) is 47.4 Å². The molecule has 172 valence electrons. The molecule has 0 aliphatic carbocycles. The summed E-state index contributed by atoms with van der Waals surface area (Å²) in [5, 5.41) is 4.83. The van der Waals surface area contributed by atoms with Gasteiger partial charge in [-0.1, -0.05) is 36.4 Å². The smallest absolute Gasteiger partial charge is 0.254 e. The van der Waals surface area contributed by atoms with Crippen molar-refractivity contribution in [3.63, 3.8) is 0 Å². The zero-order valence-electron chi connectivity index (χ0n) is 18.7. The molecule has 4 rings (SSSR count). The number of carbonyl (C=O) groups excluding carboxylic acids is 2. The second-order valence-corrected chi connectivity index (χ2v) is 10.5. The van der Waals surface area contributed by atoms with Gasteiger partial charge in [0.25, 0.3) is 5.91 Å². The first-order valence-electron chi connectivity index (χ1n) is 10.9. The number of carbonyl (C=O) groups is 2. The monoisotopic (exact) mass is 465 g/mol. The highest BCUT2D eigenvalue weighted by atomic mass is 32.2. The number of piperidine rings is 1. The number of fused-ring (bicyclic) bond motifs is 1. The molecule has 0 bridgehead atoms. The maximum atomic E-state index is 13.1. The number of sulfonamides is 1. The maximum Gasteiger partial charge on any atom is 0.254 e. The van der Waals surface area contributed by atoms with Crippen LogP contribution in [0.1, 0.15) is 23.2 Å². The van der Waals surface area contributed by atoms with Crippen molar-refractivity contribution < 1.29 is 18.0 Å². The third kappa shape index (κ3) is 4.77. The molecule has 1 saturated heterocycles. The number of nitrogens with one attached hydrogen (secondary N) is 1. The van der Waals surface area contributed by atoms with Gasteiger partial charge in [0, 0.05) is 44.4 Å². The summed E-state index contributed by atoms with van der Waals surface area (Å²) in [6.45, 7) is 1.03. The third-order valence-electron chi connectivity index (χ3n) is 6.07. The molecular formula is C25H27N3O4S. The predicted octanol–water partition coefficient (Wildman–Crippen LogP) is 3.58. The van der Waals surface area contributed by atoms with Crippen LogP contribution in [0.3, 0.4) is 0 Å². The molecule has 8 heteroatoms. The maximum absolute atomic E-state index is 13.1. The number of nitrogens with zero attached hydrogens (tertiary/aromatic N) is 2. The molecule has 0 atom stereocenters. The normalized spacial score (nSPS) is 15.1. The fourth-order valence-corrected chi connectivity index (χ4v) is 4.99. The SMILES string of the molecule is CN(C)S(=O)(=O)c1ccc(NC(=O)C2CCN(C(=O)c3cccc4ccccc34)CC2)cc1. The standard InChI is InChI=1S/C25H27N3O4S/c1-27(2)33(31,32)21-12-10-20(11-13-21)26-24(29)19-14-16-28(17-15-19)25(30)23-9-5-7-18-6-3-4-8-22(18)23/h3-13,19H,14-17H2,1-2H3,(H,26,29). The molecule has 3 aromatic carbocycles. The Morgan fingerprint density at radius 2 is 1.55 bits per heavy atom. The molecule has 0 unspecified atom stereocenters. The molecule has 2 amide bonds. The Morgan fingerprint density at radius 3 is 2.21 bits per heavy atom. The molecule has 0 radical (unpaired) electrons. The van der Waals surface area contributed by atoms with Crippen molar-refractivity contribution in [3.8, 4) is 0 Å². The van der Waals surface area contributed by atoms with Crippen LogP contribution in [0.25, 0.3) is 10.8 Å². The van der Waals surface area contributed by atoms with Gasteiger partial charge in [0.05, 0.1) is 4.90 Å². The molecule has 33 heavy (non-hydrogen) atoms. The quantitative estimate of drug-likeness (QED) is 0.624. The molecule has 1 aliphatic rings. The van der Waals surface area contributed by atoms with Crippen LogP contribution in [0.4, 0.5) is 5.69 Å². The van der Waals surface area contributed by atoms with Crippen molar-refractivity contribution in [3.05, 3.63) is 72.3 Å². The average molecular weight is 466 g/mol. The first-order chi connectivity index (χ1) is 15.8. The number of amides is 2. The predicted molar refractivity (Wildman–Crippen MR) is 129 cm³/mol. The minimum absolute atomic E-state index is 0.0108. The summed E-state index contributed by atoms with van der Waals surface area (Å²) in [7, 11) is -0.561. The zero-order chi connectivity index (χ0) is 23.6. The summed E-state index contributed by atoms with van der Waals surface area (Å²) in [6, 6.07) is 19.7. The van der Waals surface area contributed by atoms with Crippen LogP contribution in [0.15, 0.2) is 71.6 Å². The van der Waals surface area contributed by atoms with Crippen LogP contribution >= 0.6 is 0 Å². The lowest BCUT2D eigenvalue weighted by molar-refractivity contribution is -0.121. The first kappa shape index (κ1) is 22.9. The van der Waals surface area contributed by atoms with E-state index in [1.165, 1.54) is 26.2 Å². The molecule has 1 aliphatic heterocycles. The Morgan fingerprint density at radius 1 is 0.909 bits per heavy atom. The molecule has 3 aromatic rings. The van der Waals surface area contributed by atoms with Crippen molar-refractivity contribution in [2.24, 2.45) is 5.92 Å². The van der Waals surface area contributed by atoms with Crippen molar-refractivity contribution in [1.29, 1.82) is 0 Å². The first-order valence-corrected chi connectivity index (χ1v) is 12.3. The van der Waals surface area contributed by atoms with E-state index in [2.05, 4.69) is 5.32 Å². The Hall–Kier alpha value is -3.23. The molecular weight excluding hydrogens is 438 g/mol. The summed E-state index contributed by atoms with van der Waals surface area (Å²) >= 11 is 0. The van der Waals surface area contributed by atoms with E-state index >= 15 is 0 Å². The van der Waals surface area contributed by atoms with Gasteiger partial charge in [0.15, 0.2) is 0 Å². The average Bonchev–Trinajstić information content (AvgIpc) is 2.83. The van der Waals surface area contributed by atoms with Gasteiger partial charge < -0.3 is 10.2 Å². The summed E-state index contributed by atoms with van der Waals surface area (Å²) in [6.07, 6.45) is 1.16. The van der Waals surface area contributed by atoms with Gasteiger partial charge in [-0.15, -0.1) is 0 Å². The summed E-state index contributed by atoms with van der Waals surface area (Å²) in [5.41, 5.74) is 1.23. The highest BCUT2D eigenvalue weighted by Gasteiger charge is 2.28. The molecule has 7 nitrogen and oxygen atoms in total. The van der Waals surface area contributed by atoms with E-state index in [0.717, 1.165) is 15.1 Å². The Kier molecular flexibility index (Phi) is 6.49. The molecule has 0 spiro atoms. The summed E-state index contributed by atoms with van der Waals surface area (Å²) < 4.78 is 25.5. The van der Waals surface area contributed by atoms with Crippen LogP contribution in [-0.2, 0) is 14.8 Å². The third-order valence-corrected chi connectivity index (χ3v) is 7.90. The summed E-state index contributed by atoms with van der Waals surface area (Å²) in [5.74, 6) is -0.328. The fourth-order valence-electron chi connectivity index (χ4n) is 4.09. The van der Waals surface area contributed by atoms with Crippen molar-refractivity contribution in [2.45, 2.75) is 17.7 Å². The van der Waals surface area contributed by atoms with Crippen LogP contribution in [-0.4, -0.2) is 56.6 Å². The minimum atomic E-state index is -3.51. The Balaban J connectivity index is 1.37. The lowest BCUT2D eigenvalue weighted by Gasteiger charge is -2.31. The second kappa shape index (κ2) is 9.33. The topological polar surface area (TPSA) is 86.8 Å². The lowest BCUT2D eigenvalue weighted by Crippen LogP contribution is -2.41. The number of hydrogen-bond acceptors (Lipinski definition) is 4. The fraction of sp³-hybridized carbons (Fsp3) is 0.280. The molecule has 1 fully saturated rings. The van der Waals surface area contributed by atoms with E-state index < -0.39 is 10.0 Å². The van der Waals surface area contributed by atoms with Crippen LogP contribution in [0, 0.1) is 5.92 Å². The van der Waals surface area contributed by atoms with Gasteiger partial charge >= 0.3 is 0 Å². The van der Waals surface area contributed by atoms with Crippen LogP contribution in [0.2, 0.25) is 0 Å². The lowest BCUT2D eigenvalue weighted by atomic mass is 9.94. The number of benzene rings is 3. The van der Waals surface area contributed by atoms with E-state index in [4.69, 9.17) is 0 Å². The van der Waals surface area contributed by atoms with E-state index in [-0.39, 0.29) is 22.6 Å². The Bertz CT molecular complexity index is 1270. The minimum Gasteiger partial charge on any atom is -0.339 e. The van der Waals surface area contributed by atoms with Crippen molar-refractivity contribution in [1.82, 2.24) is 9.21 Å². The van der Waals surface area contributed by atoms with Gasteiger partial charge in [0.1, 0.15) is 0 Å². The van der Waals surface area contributed by atoms with Crippen molar-refractivity contribution >= 4 is 38.3 Å². The van der Waals surface area contributed by atoms with E-state index in [1.54, 1.807) is 12.1 Å². The number of hydrogen-bond donors (Lipinski definition) is 1. The number of likely N-dealkylation sites (tertiary alicyclic amines) is 1.